The van der Waals surface area contributed by atoms with Crippen LogP contribution in [0.4, 0.5) is 5.69 Å². The van der Waals surface area contributed by atoms with Gasteiger partial charge in [0.15, 0.2) is 5.16 Å². The molecule has 5 nitrogen and oxygen atoms in total. The number of benzene rings is 2. The third kappa shape index (κ3) is 5.23. The predicted molar refractivity (Wildman–Crippen MR) is 115 cm³/mol. The Bertz CT molecular complexity index is 904. The normalized spacial score (nSPS) is 11.0. The SMILES string of the molecule is CCn1c(Cc2ccccc2)nnc1SCC(=O)Nc1ccc(C(C)C)cc1. The van der Waals surface area contributed by atoms with Gasteiger partial charge in [0, 0.05) is 18.7 Å². The molecule has 1 amide bonds. The molecule has 0 saturated carbocycles. The lowest BCUT2D eigenvalue weighted by Crippen LogP contribution is -2.14. The number of anilines is 1. The zero-order chi connectivity index (χ0) is 19.9. The third-order valence-electron chi connectivity index (χ3n) is 4.51. The topological polar surface area (TPSA) is 59.8 Å². The van der Waals surface area contributed by atoms with E-state index >= 15 is 0 Å². The maximum Gasteiger partial charge on any atom is 0.234 e. The van der Waals surface area contributed by atoms with E-state index < -0.39 is 0 Å². The molecular weight excluding hydrogens is 368 g/mol. The summed E-state index contributed by atoms with van der Waals surface area (Å²) >= 11 is 1.42. The lowest BCUT2D eigenvalue weighted by atomic mass is 10.0. The highest BCUT2D eigenvalue weighted by molar-refractivity contribution is 7.99. The summed E-state index contributed by atoms with van der Waals surface area (Å²) in [4.78, 5) is 12.3. The van der Waals surface area contributed by atoms with Gasteiger partial charge in [0.1, 0.15) is 5.82 Å². The molecule has 0 aliphatic rings. The summed E-state index contributed by atoms with van der Waals surface area (Å²) in [6, 6.07) is 18.2. The van der Waals surface area contributed by atoms with Gasteiger partial charge in [0.05, 0.1) is 5.75 Å². The average molecular weight is 395 g/mol. The number of carbonyl (C=O) groups excluding carboxylic acids is 1. The first kappa shape index (κ1) is 20.1. The maximum absolute atomic E-state index is 12.3. The molecule has 0 aliphatic heterocycles. The van der Waals surface area contributed by atoms with Crippen LogP contribution >= 0.6 is 11.8 Å². The number of amides is 1. The van der Waals surface area contributed by atoms with Crippen LogP contribution in [0.1, 0.15) is 43.6 Å². The van der Waals surface area contributed by atoms with Crippen molar-refractivity contribution in [2.75, 3.05) is 11.1 Å². The Kier molecular flexibility index (Phi) is 6.87. The number of carbonyl (C=O) groups is 1. The van der Waals surface area contributed by atoms with Crippen molar-refractivity contribution in [3.8, 4) is 0 Å². The summed E-state index contributed by atoms with van der Waals surface area (Å²) < 4.78 is 2.07. The summed E-state index contributed by atoms with van der Waals surface area (Å²) in [5.41, 5.74) is 3.27. The van der Waals surface area contributed by atoms with Crippen molar-refractivity contribution in [3.63, 3.8) is 0 Å². The van der Waals surface area contributed by atoms with Gasteiger partial charge in [-0.2, -0.15) is 0 Å². The minimum Gasteiger partial charge on any atom is -0.325 e. The Morgan fingerprint density at radius 1 is 1.07 bits per heavy atom. The van der Waals surface area contributed by atoms with Gasteiger partial charge in [-0.3, -0.25) is 4.79 Å². The van der Waals surface area contributed by atoms with E-state index in [-0.39, 0.29) is 5.91 Å². The zero-order valence-corrected chi connectivity index (χ0v) is 17.4. The van der Waals surface area contributed by atoms with Crippen molar-refractivity contribution < 1.29 is 4.79 Å². The number of hydrogen-bond acceptors (Lipinski definition) is 4. The summed E-state index contributed by atoms with van der Waals surface area (Å²) in [5, 5.41) is 12.3. The summed E-state index contributed by atoms with van der Waals surface area (Å²) in [7, 11) is 0. The summed E-state index contributed by atoms with van der Waals surface area (Å²) in [6.45, 7) is 7.15. The largest absolute Gasteiger partial charge is 0.325 e. The second-order valence-electron chi connectivity index (χ2n) is 6.92. The van der Waals surface area contributed by atoms with Gasteiger partial charge >= 0.3 is 0 Å². The molecule has 3 aromatic rings. The van der Waals surface area contributed by atoms with E-state index in [0.717, 1.165) is 29.6 Å². The van der Waals surface area contributed by atoms with Crippen molar-refractivity contribution in [2.45, 2.75) is 44.8 Å². The molecule has 0 fully saturated rings. The van der Waals surface area contributed by atoms with E-state index in [9.17, 15) is 4.79 Å². The second kappa shape index (κ2) is 9.55. The Hall–Kier alpha value is -2.60. The van der Waals surface area contributed by atoms with Crippen molar-refractivity contribution in [2.24, 2.45) is 0 Å². The van der Waals surface area contributed by atoms with Crippen LogP contribution in [0.25, 0.3) is 0 Å². The molecule has 146 valence electrons. The number of nitrogens with one attached hydrogen (secondary N) is 1. The van der Waals surface area contributed by atoms with Crippen LogP contribution < -0.4 is 5.32 Å². The highest BCUT2D eigenvalue weighted by Crippen LogP contribution is 2.20. The monoisotopic (exact) mass is 394 g/mol. The van der Waals surface area contributed by atoms with Gasteiger partial charge in [-0.05, 0) is 36.1 Å². The molecule has 0 spiro atoms. The number of rotatable bonds is 8. The molecule has 1 heterocycles. The molecular formula is C22H26N4OS. The Balaban J connectivity index is 1.58. The quantitative estimate of drug-likeness (QED) is 0.561. The smallest absolute Gasteiger partial charge is 0.234 e. The van der Waals surface area contributed by atoms with E-state index in [2.05, 4.69) is 65.1 Å². The van der Waals surface area contributed by atoms with Crippen LogP contribution in [0.2, 0.25) is 0 Å². The van der Waals surface area contributed by atoms with Crippen molar-refractivity contribution in [1.82, 2.24) is 14.8 Å². The Morgan fingerprint density at radius 3 is 2.43 bits per heavy atom. The van der Waals surface area contributed by atoms with Crippen LogP contribution in [0, 0.1) is 0 Å². The Morgan fingerprint density at radius 2 is 1.79 bits per heavy atom. The van der Waals surface area contributed by atoms with Gasteiger partial charge < -0.3 is 9.88 Å². The fourth-order valence-electron chi connectivity index (χ4n) is 2.93. The molecule has 0 aliphatic carbocycles. The Labute approximate surface area is 170 Å². The zero-order valence-electron chi connectivity index (χ0n) is 16.6. The van der Waals surface area contributed by atoms with Crippen molar-refractivity contribution in [3.05, 3.63) is 71.5 Å². The molecule has 6 heteroatoms. The first-order valence-corrected chi connectivity index (χ1v) is 10.5. The lowest BCUT2D eigenvalue weighted by molar-refractivity contribution is -0.113. The third-order valence-corrected chi connectivity index (χ3v) is 5.47. The fraction of sp³-hybridized carbons (Fsp3) is 0.318. The van der Waals surface area contributed by atoms with Crippen LogP contribution in [-0.2, 0) is 17.8 Å². The number of hydrogen-bond donors (Lipinski definition) is 1. The molecule has 2 aromatic carbocycles. The van der Waals surface area contributed by atoms with Gasteiger partial charge in [-0.25, -0.2) is 0 Å². The van der Waals surface area contributed by atoms with Crippen molar-refractivity contribution in [1.29, 1.82) is 0 Å². The summed E-state index contributed by atoms with van der Waals surface area (Å²) in [5.74, 6) is 1.65. The minimum absolute atomic E-state index is 0.0439. The van der Waals surface area contributed by atoms with Crippen molar-refractivity contribution >= 4 is 23.4 Å². The minimum atomic E-state index is -0.0439. The number of thioether (sulfide) groups is 1. The van der Waals surface area contributed by atoms with Crippen LogP contribution in [0.15, 0.2) is 59.8 Å². The highest BCUT2D eigenvalue weighted by atomic mass is 32.2. The van der Waals surface area contributed by atoms with Gasteiger partial charge in [-0.15, -0.1) is 10.2 Å². The van der Waals surface area contributed by atoms with Crippen LogP contribution in [0.3, 0.4) is 0 Å². The van der Waals surface area contributed by atoms with Crippen LogP contribution in [0.5, 0.6) is 0 Å². The number of aromatic nitrogens is 3. The second-order valence-corrected chi connectivity index (χ2v) is 7.86. The molecule has 1 N–H and O–H groups in total. The van der Waals surface area contributed by atoms with E-state index in [1.54, 1.807) is 0 Å². The maximum atomic E-state index is 12.3. The molecule has 28 heavy (non-hydrogen) atoms. The van der Waals surface area contributed by atoms with E-state index in [1.807, 2.05) is 30.3 Å². The fourth-order valence-corrected chi connectivity index (χ4v) is 3.75. The predicted octanol–water partition coefficient (Wildman–Crippen LogP) is 4.74. The molecule has 1 aromatic heterocycles. The van der Waals surface area contributed by atoms with Crippen LogP contribution in [-0.4, -0.2) is 26.4 Å². The first-order chi connectivity index (χ1) is 13.6. The van der Waals surface area contributed by atoms with E-state index in [0.29, 0.717) is 11.7 Å². The molecule has 0 radical (unpaired) electrons. The van der Waals surface area contributed by atoms with Gasteiger partial charge in [0.2, 0.25) is 5.91 Å². The molecule has 0 saturated heterocycles. The highest BCUT2D eigenvalue weighted by Gasteiger charge is 2.13. The lowest BCUT2D eigenvalue weighted by Gasteiger charge is -2.09. The first-order valence-electron chi connectivity index (χ1n) is 9.55. The van der Waals surface area contributed by atoms with Gasteiger partial charge in [-0.1, -0.05) is 68.1 Å². The number of nitrogens with zero attached hydrogens (tertiary/aromatic N) is 3. The molecule has 0 unspecified atom stereocenters. The van der Waals surface area contributed by atoms with E-state index in [4.69, 9.17) is 0 Å². The standard InChI is InChI=1S/C22H26N4OS/c1-4-26-20(14-17-8-6-5-7-9-17)24-25-22(26)28-15-21(27)23-19-12-10-18(11-13-19)16(2)3/h5-13,16H,4,14-15H2,1-3H3,(H,23,27). The molecule has 3 rings (SSSR count). The van der Waals surface area contributed by atoms with E-state index in [1.165, 1.54) is 22.9 Å². The molecule has 0 atom stereocenters. The molecule has 0 bridgehead atoms. The summed E-state index contributed by atoms with van der Waals surface area (Å²) in [6.07, 6.45) is 0.733. The van der Waals surface area contributed by atoms with Gasteiger partial charge in [0.25, 0.3) is 0 Å². The average Bonchev–Trinajstić information content (AvgIpc) is 3.09.